The van der Waals surface area contributed by atoms with E-state index in [1.807, 2.05) is 13.8 Å². The number of aromatic hydroxyl groups is 1. The van der Waals surface area contributed by atoms with Crippen LogP contribution in [0, 0.1) is 5.92 Å². The van der Waals surface area contributed by atoms with Crippen molar-refractivity contribution in [2.24, 2.45) is 5.92 Å². The highest BCUT2D eigenvalue weighted by atomic mass is 35.5. The van der Waals surface area contributed by atoms with E-state index in [2.05, 4.69) is 10.3 Å². The number of nitrogens with two attached hydrogens (primary N) is 1. The van der Waals surface area contributed by atoms with Crippen LogP contribution in [-0.2, 0) is 25.1 Å². The van der Waals surface area contributed by atoms with Gasteiger partial charge in [-0.2, -0.15) is 4.98 Å². The maximum Gasteiger partial charge on any atom is 0.472 e. The fourth-order valence-electron chi connectivity index (χ4n) is 5.82. The Morgan fingerprint density at radius 1 is 0.983 bits per heavy atom. The number of anilines is 1. The van der Waals surface area contributed by atoms with Crippen molar-refractivity contribution in [3.05, 3.63) is 94.5 Å². The molecule has 6 N–H and O–H groups in total. The molecule has 0 spiro atoms. The molecule has 0 saturated carbocycles. The second kappa shape index (κ2) is 19.2. The third kappa shape index (κ3) is 10.7. The lowest BCUT2D eigenvalue weighted by Gasteiger charge is -2.23. The monoisotopic (exact) mass is 900 g/mol. The number of phosphoric acid groups is 1. The standard InChI is InChI=1S/C37H37Cl4N4O12P/c1-18(2)29(54-17-45-9-7-30(42)44-37(45)51)16-56-58(52,53)55-10-6-4-3-5-8-43-35(48)21-13-24(40)32(36(49)50)33(34(21)41)31-19-11-22(38)25(46)14-27(19)57-28-15-26(47)23(39)12-20(28)31/h7,9,11-15,18,29,46H,3-6,8,10,16-17H2,1-2H3,(H,43,48)(H,49,50)(H,52,53)(H2,42,44,51)/t29-/m1/s1. The van der Waals surface area contributed by atoms with Crippen LogP contribution in [0.5, 0.6) is 5.75 Å². The molecule has 2 atom stereocenters. The summed E-state index contributed by atoms with van der Waals surface area (Å²) in [5.41, 5.74) is 3.76. The van der Waals surface area contributed by atoms with Gasteiger partial charge < -0.3 is 35.3 Å². The number of phenols is 1. The Morgan fingerprint density at radius 3 is 2.40 bits per heavy atom. The first kappa shape index (κ1) is 44.9. The van der Waals surface area contributed by atoms with Gasteiger partial charge in [0.1, 0.15) is 29.6 Å². The third-order valence-electron chi connectivity index (χ3n) is 8.85. The summed E-state index contributed by atoms with van der Waals surface area (Å²) in [6.45, 7) is 3.27. The maximum absolute atomic E-state index is 13.5. The highest BCUT2D eigenvalue weighted by Gasteiger charge is 2.30. The summed E-state index contributed by atoms with van der Waals surface area (Å²) in [6.07, 6.45) is 2.80. The van der Waals surface area contributed by atoms with Crippen molar-refractivity contribution in [2.45, 2.75) is 52.4 Å². The van der Waals surface area contributed by atoms with E-state index >= 15 is 0 Å². The van der Waals surface area contributed by atoms with E-state index < -0.39 is 42.5 Å². The van der Waals surface area contributed by atoms with Crippen LogP contribution in [-0.4, -0.2) is 62.4 Å². The first-order chi connectivity index (χ1) is 27.4. The Balaban J connectivity index is 1.19. The number of amides is 1. The van der Waals surface area contributed by atoms with E-state index in [0.29, 0.717) is 25.7 Å². The van der Waals surface area contributed by atoms with Crippen LogP contribution < -0.4 is 22.2 Å². The van der Waals surface area contributed by atoms with Crippen LogP contribution in [0.2, 0.25) is 20.1 Å². The molecule has 21 heteroatoms. The van der Waals surface area contributed by atoms with Gasteiger partial charge in [-0.15, -0.1) is 0 Å². The predicted molar refractivity (Wildman–Crippen MR) is 218 cm³/mol. The summed E-state index contributed by atoms with van der Waals surface area (Å²) in [5, 5.41) is 22.6. The topological polar surface area (TPSA) is 243 Å². The van der Waals surface area contributed by atoms with Gasteiger partial charge in [0, 0.05) is 47.0 Å². The van der Waals surface area contributed by atoms with Crippen LogP contribution in [0.4, 0.5) is 5.82 Å². The molecule has 2 heterocycles. The largest absolute Gasteiger partial charge is 0.506 e. The fourth-order valence-corrected chi connectivity index (χ4v) is 7.53. The molecule has 1 aliphatic carbocycles. The minimum absolute atomic E-state index is 0.0121. The van der Waals surface area contributed by atoms with Crippen LogP contribution in [0.25, 0.3) is 33.4 Å². The number of carboxylic acids is 1. The van der Waals surface area contributed by atoms with E-state index in [9.17, 15) is 38.8 Å². The number of phosphoric ester groups is 1. The molecule has 1 unspecified atom stereocenters. The molecule has 3 aromatic rings. The first-order valence-corrected chi connectivity index (χ1v) is 20.6. The van der Waals surface area contributed by atoms with E-state index in [-0.39, 0.29) is 103 Å². The van der Waals surface area contributed by atoms with Gasteiger partial charge in [-0.1, -0.05) is 73.1 Å². The molecule has 2 aromatic carbocycles. The van der Waals surface area contributed by atoms with Crippen molar-refractivity contribution in [1.82, 2.24) is 14.9 Å². The molecule has 1 aromatic heterocycles. The molecule has 2 aliphatic rings. The van der Waals surface area contributed by atoms with Gasteiger partial charge in [0.15, 0.2) is 0 Å². The van der Waals surface area contributed by atoms with Gasteiger partial charge in [-0.25, -0.2) is 14.2 Å². The third-order valence-corrected chi connectivity index (χ3v) is 11.1. The number of carbonyl (C=O) groups excluding carboxylic acids is 1. The lowest BCUT2D eigenvalue weighted by molar-refractivity contribution is -0.0493. The van der Waals surface area contributed by atoms with E-state index in [1.54, 1.807) is 0 Å². The molecule has 0 fully saturated rings. The lowest BCUT2D eigenvalue weighted by atomic mass is 9.89. The lowest BCUT2D eigenvalue weighted by Crippen LogP contribution is -2.30. The molecule has 310 valence electrons. The molecular weight excluding hydrogens is 865 g/mol. The molecule has 0 radical (unpaired) electrons. The number of carbonyl (C=O) groups is 2. The summed E-state index contributed by atoms with van der Waals surface area (Å²) in [7, 11) is -4.43. The van der Waals surface area contributed by atoms with E-state index in [0.717, 1.165) is 12.1 Å². The fraction of sp³-hybridized carbons (Fsp3) is 0.324. The van der Waals surface area contributed by atoms with Crippen LogP contribution in [0.3, 0.4) is 0 Å². The van der Waals surface area contributed by atoms with Crippen LogP contribution >= 0.6 is 54.2 Å². The number of fused-ring (bicyclic) bond motifs is 2. The zero-order valence-electron chi connectivity index (χ0n) is 30.8. The number of benzene rings is 3. The van der Waals surface area contributed by atoms with Crippen molar-refractivity contribution < 1.29 is 47.5 Å². The van der Waals surface area contributed by atoms with Crippen LogP contribution in [0.1, 0.15) is 60.2 Å². The molecule has 0 bridgehead atoms. The minimum Gasteiger partial charge on any atom is -0.506 e. The zero-order chi connectivity index (χ0) is 42.5. The number of hydrogen-bond acceptors (Lipinski definition) is 12. The molecule has 58 heavy (non-hydrogen) atoms. The number of hydrogen-bond donors (Lipinski definition) is 5. The number of halogens is 4. The number of aromatic nitrogens is 2. The number of rotatable bonds is 18. The maximum atomic E-state index is 13.5. The Bertz CT molecular complexity index is 2500. The Hall–Kier alpha value is -4.22. The zero-order valence-corrected chi connectivity index (χ0v) is 34.7. The SMILES string of the molecule is CC(C)[C@@H](COP(=O)(O)OCCCCCCNC(=O)c1cc(Cl)c(C(=O)O)c(-c2c3cc(Cl)c(=O)cc-3oc3cc(O)c(Cl)cc23)c1Cl)OCn1ccc(N)nc1=O. The quantitative estimate of drug-likeness (QED) is 0.0320. The number of phenolic OH excluding ortho intramolecular Hbond substituents is 1. The number of nitrogens with zero attached hydrogens (tertiary/aromatic N) is 2. The van der Waals surface area contributed by atoms with Gasteiger partial charge in [0.25, 0.3) is 5.91 Å². The van der Waals surface area contributed by atoms with Gasteiger partial charge in [-0.05, 0) is 43.0 Å². The van der Waals surface area contributed by atoms with Gasteiger partial charge in [0.2, 0.25) is 5.43 Å². The summed E-state index contributed by atoms with van der Waals surface area (Å²) in [6, 6.07) is 7.43. The summed E-state index contributed by atoms with van der Waals surface area (Å²) in [5.74, 6) is -2.59. The van der Waals surface area contributed by atoms with Crippen molar-refractivity contribution in [3.63, 3.8) is 0 Å². The van der Waals surface area contributed by atoms with Gasteiger partial charge >= 0.3 is 19.5 Å². The average molecular weight is 903 g/mol. The Morgan fingerprint density at radius 2 is 1.71 bits per heavy atom. The summed E-state index contributed by atoms with van der Waals surface area (Å²) in [4.78, 5) is 64.3. The molecule has 16 nitrogen and oxygen atoms in total. The Kier molecular flexibility index (Phi) is 14.9. The number of aromatic carboxylic acids is 1. The molecule has 1 amide bonds. The summed E-state index contributed by atoms with van der Waals surface area (Å²) < 4.78 is 35.5. The highest BCUT2D eigenvalue weighted by Crippen LogP contribution is 2.49. The van der Waals surface area contributed by atoms with Crippen molar-refractivity contribution in [3.8, 4) is 28.2 Å². The van der Waals surface area contributed by atoms with Crippen LogP contribution in [0.15, 0.2) is 56.6 Å². The van der Waals surface area contributed by atoms with Crippen molar-refractivity contribution in [2.75, 3.05) is 25.5 Å². The normalized spacial score (nSPS) is 13.2. The molecule has 0 saturated heterocycles. The Labute approximate surface area is 350 Å². The van der Waals surface area contributed by atoms with Crippen molar-refractivity contribution >= 4 is 82.9 Å². The second-order valence-corrected chi connectivity index (χ2v) is 16.3. The van der Waals surface area contributed by atoms with Gasteiger partial charge in [0.05, 0.1) is 50.5 Å². The van der Waals surface area contributed by atoms with E-state index in [1.165, 1.54) is 35.0 Å². The first-order valence-electron chi connectivity index (χ1n) is 17.6. The average Bonchev–Trinajstić information content (AvgIpc) is 3.14. The molecule has 5 rings (SSSR count). The predicted octanol–water partition coefficient (Wildman–Crippen LogP) is 7.84. The smallest absolute Gasteiger partial charge is 0.472 e. The van der Waals surface area contributed by atoms with Crippen molar-refractivity contribution in [1.29, 1.82) is 0 Å². The number of carboxylic acid groups (broad SMARTS) is 1. The van der Waals surface area contributed by atoms with E-state index in [4.69, 9.17) is 70.3 Å². The number of ether oxygens (including phenoxy) is 1. The number of nitrogen functional groups attached to an aromatic ring is 1. The minimum atomic E-state index is -4.43. The van der Waals surface area contributed by atoms with Gasteiger partial charge in [-0.3, -0.25) is 23.2 Å². The molecular formula is C37H37Cl4N4O12P. The molecule has 1 aliphatic heterocycles. The summed E-state index contributed by atoms with van der Waals surface area (Å²) >= 11 is 25.8. The second-order valence-electron chi connectivity index (χ2n) is 13.3. The number of nitrogens with one attached hydrogen (secondary N) is 1. The number of unbranched alkanes of at least 4 members (excludes halogenated alkanes) is 3. The highest BCUT2D eigenvalue weighted by molar-refractivity contribution is 7.47.